The maximum absolute atomic E-state index is 6.69. The van der Waals surface area contributed by atoms with Crippen LogP contribution in [0.15, 0.2) is 256 Å². The van der Waals surface area contributed by atoms with Crippen LogP contribution in [0.4, 0.5) is 0 Å². The second-order valence-electron chi connectivity index (χ2n) is 19.4. The lowest BCUT2D eigenvalue weighted by Gasteiger charge is -2.10. The fourth-order valence-corrected chi connectivity index (χ4v) is 11.5. The van der Waals surface area contributed by atoms with Gasteiger partial charge in [-0.1, -0.05) is 176 Å². The van der Waals surface area contributed by atoms with Crippen molar-refractivity contribution in [3.63, 3.8) is 0 Å². The van der Waals surface area contributed by atoms with Crippen LogP contribution in [0.25, 0.3) is 161 Å². The molecule has 16 aromatic rings. The second-order valence-corrected chi connectivity index (χ2v) is 19.4. The summed E-state index contributed by atoms with van der Waals surface area (Å²) < 4.78 is 22.1. The number of hydrogen-bond donors (Lipinski definition) is 0. The summed E-state index contributed by atoms with van der Waals surface area (Å²) >= 11 is 0. The minimum atomic E-state index is 0.545. The molecule has 7 heteroatoms. The minimum absolute atomic E-state index is 0.545. The molecular formula is C69H40N4O3. The fraction of sp³-hybridized carbons (Fsp3) is 0. The van der Waals surface area contributed by atoms with Crippen molar-refractivity contribution in [2.45, 2.75) is 0 Å². The lowest BCUT2D eigenvalue weighted by Crippen LogP contribution is -2.00. The molecular weight excluding hydrogens is 933 g/mol. The van der Waals surface area contributed by atoms with E-state index >= 15 is 0 Å². The van der Waals surface area contributed by atoms with Gasteiger partial charge in [0.25, 0.3) is 0 Å². The van der Waals surface area contributed by atoms with Crippen LogP contribution in [0.2, 0.25) is 0 Å². The van der Waals surface area contributed by atoms with Crippen LogP contribution in [-0.2, 0) is 0 Å². The predicted molar refractivity (Wildman–Crippen MR) is 309 cm³/mol. The Balaban J connectivity index is 0.800. The van der Waals surface area contributed by atoms with Crippen LogP contribution in [0.3, 0.4) is 0 Å². The van der Waals surface area contributed by atoms with Crippen molar-refractivity contribution in [2.24, 2.45) is 0 Å². The number of furan rings is 3. The third-order valence-corrected chi connectivity index (χ3v) is 15.1. The van der Waals surface area contributed by atoms with Crippen molar-refractivity contribution in [2.75, 3.05) is 0 Å². The van der Waals surface area contributed by atoms with Crippen molar-refractivity contribution >= 4 is 87.6 Å². The number of rotatable bonds is 7. The van der Waals surface area contributed by atoms with Crippen molar-refractivity contribution in [1.29, 1.82) is 0 Å². The van der Waals surface area contributed by atoms with Gasteiger partial charge in [-0.3, -0.25) is 0 Å². The molecule has 11 aromatic carbocycles. The van der Waals surface area contributed by atoms with E-state index in [2.05, 4.69) is 180 Å². The SMILES string of the molecule is c1ccc(-c2nc(-c3ccc4c(c3)oc3c(-c5ccccc5)cccc34)nc(-c3cccc4oc5ccc(-c6ccc7c(c6)c6ccccc6n7-c6ccc(-c7cccc8c7oc7ccccc78)cc6)cc5c34)n2)cc1. The van der Waals surface area contributed by atoms with Crippen LogP contribution < -0.4 is 0 Å². The first-order valence-corrected chi connectivity index (χ1v) is 25.5. The summed E-state index contributed by atoms with van der Waals surface area (Å²) in [6, 6.07) is 84.5. The Hall–Kier alpha value is -10.4. The number of benzene rings is 11. The Morgan fingerprint density at radius 1 is 0.263 bits per heavy atom. The molecule has 0 atom stereocenters. The molecule has 0 N–H and O–H groups in total. The maximum atomic E-state index is 6.69. The molecule has 0 aliphatic heterocycles. The molecule has 0 aliphatic carbocycles. The van der Waals surface area contributed by atoms with E-state index in [4.69, 9.17) is 28.2 Å². The van der Waals surface area contributed by atoms with E-state index in [0.717, 1.165) is 133 Å². The zero-order chi connectivity index (χ0) is 49.8. The lowest BCUT2D eigenvalue weighted by molar-refractivity contribution is 0.669. The molecule has 0 aliphatic rings. The second kappa shape index (κ2) is 16.6. The Kier molecular flexibility index (Phi) is 9.20. The number of aromatic nitrogens is 4. The summed E-state index contributed by atoms with van der Waals surface area (Å²) in [4.78, 5) is 15.6. The molecule has 7 nitrogen and oxygen atoms in total. The molecule has 0 saturated carbocycles. The number of hydrogen-bond acceptors (Lipinski definition) is 6. The van der Waals surface area contributed by atoms with Crippen molar-refractivity contribution in [3.05, 3.63) is 243 Å². The molecule has 76 heavy (non-hydrogen) atoms. The van der Waals surface area contributed by atoms with Gasteiger partial charge >= 0.3 is 0 Å². The van der Waals surface area contributed by atoms with Gasteiger partial charge in [0, 0.05) is 76.6 Å². The van der Waals surface area contributed by atoms with E-state index in [-0.39, 0.29) is 0 Å². The van der Waals surface area contributed by atoms with Gasteiger partial charge in [-0.25, -0.2) is 15.0 Å². The zero-order valence-corrected chi connectivity index (χ0v) is 40.6. The first-order valence-electron chi connectivity index (χ1n) is 25.5. The van der Waals surface area contributed by atoms with Crippen LogP contribution in [0, 0.1) is 0 Å². The molecule has 0 fully saturated rings. The van der Waals surface area contributed by atoms with Gasteiger partial charge in [0.05, 0.1) is 11.0 Å². The summed E-state index contributed by atoms with van der Waals surface area (Å²) in [6.45, 7) is 0. The highest BCUT2D eigenvalue weighted by Crippen LogP contribution is 2.43. The van der Waals surface area contributed by atoms with E-state index in [9.17, 15) is 0 Å². The molecule has 0 spiro atoms. The van der Waals surface area contributed by atoms with Crippen LogP contribution in [0.5, 0.6) is 0 Å². The summed E-state index contributed by atoms with van der Waals surface area (Å²) in [7, 11) is 0. The van der Waals surface area contributed by atoms with E-state index < -0.39 is 0 Å². The Labute approximate surface area is 434 Å². The molecule has 0 bridgehead atoms. The smallest absolute Gasteiger partial charge is 0.164 e. The Morgan fingerprint density at radius 3 is 1.55 bits per heavy atom. The van der Waals surface area contributed by atoms with Gasteiger partial charge in [-0.05, 0) is 89.0 Å². The van der Waals surface area contributed by atoms with Gasteiger partial charge in [0.1, 0.15) is 33.5 Å². The first kappa shape index (κ1) is 42.2. The summed E-state index contributed by atoms with van der Waals surface area (Å²) in [5, 5.41) is 8.61. The summed E-state index contributed by atoms with van der Waals surface area (Å²) in [5.74, 6) is 1.67. The Morgan fingerprint density at radius 2 is 0.776 bits per heavy atom. The van der Waals surface area contributed by atoms with E-state index in [1.54, 1.807) is 0 Å². The highest BCUT2D eigenvalue weighted by Gasteiger charge is 2.21. The standard InChI is InChI=1S/C69H40N4O3/c1-3-14-41(15-4-1)48-20-11-23-54-52-35-30-46(40-63(52)76-66(48)54)68-70-67(43-16-5-2-6-17-43)71-69(72-68)55-24-13-27-62-64(55)57-39-45(32-37-61(57)74-62)44-31-36-59-56(38-44)50-18-7-9-25-58(50)73(59)47-33-28-42(29-34-47)49-21-12-22-53-51-19-8-10-26-60(51)75-65(49)53/h1-40H. The average Bonchev–Trinajstić information content (AvgIpc) is 4.28. The van der Waals surface area contributed by atoms with Gasteiger partial charge in [0.2, 0.25) is 0 Å². The van der Waals surface area contributed by atoms with E-state index in [0.29, 0.717) is 17.5 Å². The fourth-order valence-electron chi connectivity index (χ4n) is 11.5. The topological polar surface area (TPSA) is 83.0 Å². The van der Waals surface area contributed by atoms with Gasteiger partial charge in [-0.2, -0.15) is 0 Å². The molecule has 0 amide bonds. The quantitative estimate of drug-likeness (QED) is 0.158. The monoisotopic (exact) mass is 972 g/mol. The number of fused-ring (bicyclic) bond motifs is 12. The van der Waals surface area contributed by atoms with Crippen molar-refractivity contribution < 1.29 is 13.3 Å². The van der Waals surface area contributed by atoms with E-state index in [1.807, 2.05) is 66.7 Å². The maximum Gasteiger partial charge on any atom is 0.164 e. The molecule has 5 heterocycles. The van der Waals surface area contributed by atoms with Gasteiger partial charge in [-0.15, -0.1) is 0 Å². The largest absolute Gasteiger partial charge is 0.456 e. The molecule has 0 unspecified atom stereocenters. The Bertz CT molecular complexity index is 4990. The normalized spacial score (nSPS) is 11.9. The third kappa shape index (κ3) is 6.59. The average molecular weight is 973 g/mol. The highest BCUT2D eigenvalue weighted by molar-refractivity contribution is 6.15. The lowest BCUT2D eigenvalue weighted by atomic mass is 9.99. The zero-order valence-electron chi connectivity index (χ0n) is 40.6. The van der Waals surface area contributed by atoms with Crippen LogP contribution >= 0.6 is 0 Å². The van der Waals surface area contributed by atoms with Crippen molar-refractivity contribution in [3.8, 4) is 73.2 Å². The van der Waals surface area contributed by atoms with Crippen molar-refractivity contribution in [1.82, 2.24) is 19.5 Å². The molecule has 5 aromatic heterocycles. The molecule has 0 saturated heterocycles. The molecule has 0 radical (unpaired) electrons. The summed E-state index contributed by atoms with van der Waals surface area (Å²) in [5.41, 5.74) is 17.4. The predicted octanol–water partition coefficient (Wildman–Crippen LogP) is 18.7. The van der Waals surface area contributed by atoms with E-state index in [1.165, 1.54) is 10.8 Å². The van der Waals surface area contributed by atoms with Crippen LogP contribution in [0.1, 0.15) is 0 Å². The summed E-state index contributed by atoms with van der Waals surface area (Å²) in [6.07, 6.45) is 0. The third-order valence-electron chi connectivity index (χ3n) is 15.1. The minimum Gasteiger partial charge on any atom is -0.456 e. The van der Waals surface area contributed by atoms with Gasteiger partial charge < -0.3 is 17.8 Å². The van der Waals surface area contributed by atoms with Gasteiger partial charge in [0.15, 0.2) is 17.5 Å². The molecule has 354 valence electrons. The first-order chi connectivity index (χ1) is 37.6. The molecule has 16 rings (SSSR count). The number of nitrogens with zero attached hydrogens (tertiary/aromatic N) is 4. The van der Waals surface area contributed by atoms with Crippen LogP contribution in [-0.4, -0.2) is 19.5 Å². The number of para-hydroxylation sites is 4. The highest BCUT2D eigenvalue weighted by atomic mass is 16.3.